The minimum absolute atomic E-state index is 0.445. The summed E-state index contributed by atoms with van der Waals surface area (Å²) in [5, 5.41) is 6.80. The van der Waals surface area contributed by atoms with E-state index in [1.54, 1.807) is 12.5 Å². The number of hydrogen-bond acceptors (Lipinski definition) is 4. The maximum atomic E-state index is 4.20. The number of imidazole rings is 1. The van der Waals surface area contributed by atoms with Crippen LogP contribution in [0.25, 0.3) is 11.2 Å². The zero-order chi connectivity index (χ0) is 12.1. The summed E-state index contributed by atoms with van der Waals surface area (Å²) < 4.78 is 0. The van der Waals surface area contributed by atoms with Crippen molar-refractivity contribution in [3.8, 4) is 0 Å². The third-order valence-electron chi connectivity index (χ3n) is 2.75. The van der Waals surface area contributed by atoms with Gasteiger partial charge >= 0.3 is 0 Å². The molecule has 0 saturated heterocycles. The molecule has 1 unspecified atom stereocenters. The Hall–Kier alpha value is -1.46. The Labute approximate surface area is 101 Å². The lowest BCUT2D eigenvalue weighted by Crippen LogP contribution is -2.35. The van der Waals surface area contributed by atoms with E-state index in [0.717, 1.165) is 30.8 Å². The highest BCUT2D eigenvalue weighted by molar-refractivity contribution is 5.73. The minimum atomic E-state index is 0.445. The molecule has 0 amide bonds. The van der Waals surface area contributed by atoms with Gasteiger partial charge in [-0.3, -0.25) is 0 Å². The lowest BCUT2D eigenvalue weighted by molar-refractivity contribution is 0.509. The summed E-state index contributed by atoms with van der Waals surface area (Å²) >= 11 is 0. The molecule has 2 aromatic rings. The predicted molar refractivity (Wildman–Crippen MR) is 68.7 cm³/mol. The predicted octanol–water partition coefficient (Wildman–Crippen LogP) is 1.05. The van der Waals surface area contributed by atoms with Gasteiger partial charge in [-0.1, -0.05) is 6.92 Å². The Morgan fingerprint density at radius 2 is 2.29 bits per heavy atom. The SMILES string of the molecule is CCNCC(C)NCc1ccnc2nc[nH]c12. The molecule has 2 aromatic heterocycles. The number of hydrogen-bond donors (Lipinski definition) is 3. The first kappa shape index (κ1) is 12.0. The monoisotopic (exact) mass is 233 g/mol. The Kier molecular flexibility index (Phi) is 4.06. The van der Waals surface area contributed by atoms with Crippen LogP contribution in [0.5, 0.6) is 0 Å². The van der Waals surface area contributed by atoms with E-state index in [1.807, 2.05) is 6.07 Å². The summed E-state index contributed by atoms with van der Waals surface area (Å²) in [5.41, 5.74) is 3.01. The van der Waals surface area contributed by atoms with E-state index in [0.29, 0.717) is 6.04 Å². The highest BCUT2D eigenvalue weighted by Crippen LogP contribution is 2.11. The van der Waals surface area contributed by atoms with Gasteiger partial charge in [0.15, 0.2) is 5.65 Å². The number of likely N-dealkylation sites (N-methyl/N-ethyl adjacent to an activating group) is 1. The van der Waals surface area contributed by atoms with Crippen LogP contribution >= 0.6 is 0 Å². The summed E-state index contributed by atoms with van der Waals surface area (Å²) in [6, 6.07) is 2.47. The maximum Gasteiger partial charge on any atom is 0.177 e. The van der Waals surface area contributed by atoms with Crippen molar-refractivity contribution in [1.82, 2.24) is 25.6 Å². The van der Waals surface area contributed by atoms with E-state index in [4.69, 9.17) is 0 Å². The van der Waals surface area contributed by atoms with Crippen LogP contribution in [0.2, 0.25) is 0 Å². The Morgan fingerprint density at radius 3 is 3.12 bits per heavy atom. The average molecular weight is 233 g/mol. The van der Waals surface area contributed by atoms with Crippen LogP contribution in [0.4, 0.5) is 0 Å². The molecule has 3 N–H and O–H groups in total. The fraction of sp³-hybridized carbons (Fsp3) is 0.500. The molecule has 5 nitrogen and oxygen atoms in total. The van der Waals surface area contributed by atoms with Crippen LogP contribution in [0.1, 0.15) is 19.4 Å². The molecule has 0 aromatic carbocycles. The van der Waals surface area contributed by atoms with Gasteiger partial charge in [-0.25, -0.2) is 9.97 Å². The van der Waals surface area contributed by atoms with E-state index < -0.39 is 0 Å². The lowest BCUT2D eigenvalue weighted by Gasteiger charge is -2.14. The van der Waals surface area contributed by atoms with Crippen molar-refractivity contribution >= 4 is 11.2 Å². The second-order valence-corrected chi connectivity index (χ2v) is 4.16. The van der Waals surface area contributed by atoms with Gasteiger partial charge in [0, 0.05) is 25.3 Å². The second kappa shape index (κ2) is 5.75. The van der Waals surface area contributed by atoms with Gasteiger partial charge in [-0.2, -0.15) is 0 Å². The molecule has 0 bridgehead atoms. The zero-order valence-electron chi connectivity index (χ0n) is 10.3. The van der Waals surface area contributed by atoms with Gasteiger partial charge in [-0.05, 0) is 25.1 Å². The number of H-pyrrole nitrogens is 1. The highest BCUT2D eigenvalue weighted by Gasteiger charge is 2.05. The number of nitrogens with zero attached hydrogens (tertiary/aromatic N) is 2. The normalized spacial score (nSPS) is 13.1. The highest BCUT2D eigenvalue weighted by atomic mass is 15.0. The number of aromatic nitrogens is 3. The standard InChI is InChI=1S/C12H19N5/c1-3-13-6-9(2)15-7-10-4-5-14-12-11(10)16-8-17-12/h4-5,8-9,13,15H,3,6-7H2,1-2H3,(H,14,16,17). The fourth-order valence-corrected chi connectivity index (χ4v) is 1.77. The molecule has 1 atom stereocenters. The molecule has 92 valence electrons. The van der Waals surface area contributed by atoms with Gasteiger partial charge in [-0.15, -0.1) is 0 Å². The smallest absolute Gasteiger partial charge is 0.177 e. The van der Waals surface area contributed by atoms with Crippen molar-refractivity contribution in [2.24, 2.45) is 0 Å². The fourth-order valence-electron chi connectivity index (χ4n) is 1.77. The van der Waals surface area contributed by atoms with Gasteiger partial charge in [0.2, 0.25) is 0 Å². The third-order valence-corrected chi connectivity index (χ3v) is 2.75. The molecule has 0 spiro atoms. The lowest BCUT2D eigenvalue weighted by atomic mass is 10.2. The van der Waals surface area contributed by atoms with Gasteiger partial charge < -0.3 is 15.6 Å². The molecule has 17 heavy (non-hydrogen) atoms. The van der Waals surface area contributed by atoms with E-state index in [2.05, 4.69) is 39.4 Å². The quantitative estimate of drug-likeness (QED) is 0.697. The second-order valence-electron chi connectivity index (χ2n) is 4.16. The van der Waals surface area contributed by atoms with Gasteiger partial charge in [0.1, 0.15) is 0 Å². The number of rotatable bonds is 6. The topological polar surface area (TPSA) is 65.6 Å². The number of nitrogens with one attached hydrogen (secondary N) is 3. The van der Waals surface area contributed by atoms with E-state index in [9.17, 15) is 0 Å². The molecular weight excluding hydrogens is 214 g/mol. The van der Waals surface area contributed by atoms with Crippen molar-refractivity contribution in [3.63, 3.8) is 0 Å². The largest absolute Gasteiger partial charge is 0.343 e. The Bertz CT molecular complexity index is 465. The summed E-state index contributed by atoms with van der Waals surface area (Å²) in [4.78, 5) is 11.5. The van der Waals surface area contributed by atoms with Crippen molar-refractivity contribution in [2.45, 2.75) is 26.4 Å². The molecule has 2 rings (SSSR count). The number of fused-ring (bicyclic) bond motifs is 1. The minimum Gasteiger partial charge on any atom is -0.343 e. The average Bonchev–Trinajstić information content (AvgIpc) is 2.82. The molecule has 0 fully saturated rings. The third kappa shape index (κ3) is 3.01. The first-order valence-corrected chi connectivity index (χ1v) is 6.02. The van der Waals surface area contributed by atoms with Crippen LogP contribution in [-0.2, 0) is 6.54 Å². The Balaban J connectivity index is 1.96. The molecule has 2 heterocycles. The molecule has 0 radical (unpaired) electrons. The zero-order valence-corrected chi connectivity index (χ0v) is 10.3. The summed E-state index contributed by atoms with van der Waals surface area (Å²) in [7, 11) is 0. The molecular formula is C12H19N5. The molecule has 5 heteroatoms. The Morgan fingerprint density at radius 1 is 1.41 bits per heavy atom. The molecule has 0 saturated carbocycles. The summed E-state index contributed by atoms with van der Waals surface area (Å²) in [5.74, 6) is 0. The van der Waals surface area contributed by atoms with Crippen molar-refractivity contribution < 1.29 is 0 Å². The van der Waals surface area contributed by atoms with Gasteiger partial charge in [0.25, 0.3) is 0 Å². The van der Waals surface area contributed by atoms with E-state index in [1.165, 1.54) is 5.56 Å². The van der Waals surface area contributed by atoms with Crippen molar-refractivity contribution in [2.75, 3.05) is 13.1 Å². The van der Waals surface area contributed by atoms with Gasteiger partial charge in [0.05, 0.1) is 11.8 Å². The van der Waals surface area contributed by atoms with Crippen LogP contribution in [-0.4, -0.2) is 34.1 Å². The van der Waals surface area contributed by atoms with Crippen LogP contribution in [0.15, 0.2) is 18.6 Å². The summed E-state index contributed by atoms with van der Waals surface area (Å²) in [6.07, 6.45) is 3.48. The number of aromatic amines is 1. The molecule has 0 aliphatic heterocycles. The van der Waals surface area contributed by atoms with Crippen LogP contribution < -0.4 is 10.6 Å². The van der Waals surface area contributed by atoms with Crippen LogP contribution in [0.3, 0.4) is 0 Å². The van der Waals surface area contributed by atoms with Crippen molar-refractivity contribution in [3.05, 3.63) is 24.2 Å². The van der Waals surface area contributed by atoms with E-state index in [-0.39, 0.29) is 0 Å². The van der Waals surface area contributed by atoms with Crippen molar-refractivity contribution in [1.29, 1.82) is 0 Å². The summed E-state index contributed by atoms with van der Waals surface area (Å²) in [6.45, 7) is 7.10. The van der Waals surface area contributed by atoms with E-state index >= 15 is 0 Å². The van der Waals surface area contributed by atoms with Crippen LogP contribution in [0, 0.1) is 0 Å². The molecule has 0 aliphatic rings. The first-order chi connectivity index (χ1) is 8.31. The number of pyridine rings is 1. The maximum absolute atomic E-state index is 4.20. The first-order valence-electron chi connectivity index (χ1n) is 6.02. The molecule has 0 aliphatic carbocycles.